The van der Waals surface area contributed by atoms with Gasteiger partial charge in [0.15, 0.2) is 12.6 Å². The summed E-state index contributed by atoms with van der Waals surface area (Å²) in [6, 6.07) is 0.335. The van der Waals surface area contributed by atoms with E-state index in [0.717, 1.165) is 25.7 Å². The topological polar surface area (TPSA) is 104 Å². The molecule has 244 valence electrons. The number of ketones is 1. The maximum Gasteiger partial charge on any atom is 0.311 e. The van der Waals surface area contributed by atoms with Crippen molar-refractivity contribution in [3.63, 3.8) is 0 Å². The van der Waals surface area contributed by atoms with Crippen molar-refractivity contribution in [3.05, 3.63) is 0 Å². The Morgan fingerprint density at radius 2 is 1.43 bits per heavy atom. The highest BCUT2D eigenvalue weighted by Gasteiger charge is 2.43. The number of aliphatic hydroxyl groups excluding tert-OH is 1. The molecule has 0 bridgehead atoms. The Labute approximate surface area is 254 Å². The van der Waals surface area contributed by atoms with Gasteiger partial charge in [0.25, 0.3) is 0 Å². The normalized spacial score (nSPS) is 43.5. The van der Waals surface area contributed by atoms with Crippen LogP contribution in [0.4, 0.5) is 0 Å². The molecule has 3 aliphatic heterocycles. The number of cyclic esters (lactones) is 1. The molecule has 0 spiro atoms. The van der Waals surface area contributed by atoms with Crippen LogP contribution in [0.1, 0.15) is 106 Å². The van der Waals surface area contributed by atoms with Crippen molar-refractivity contribution in [3.8, 4) is 0 Å². The van der Waals surface area contributed by atoms with Gasteiger partial charge in [-0.05, 0) is 78.8 Å². The monoisotopic (exact) mass is 597 g/mol. The van der Waals surface area contributed by atoms with E-state index in [1.54, 1.807) is 0 Å². The molecule has 1 N–H and O–H groups in total. The number of aliphatic hydroxyl groups is 1. The van der Waals surface area contributed by atoms with Crippen LogP contribution in [0.25, 0.3) is 0 Å². The highest BCUT2D eigenvalue weighted by molar-refractivity contribution is 5.78. The number of rotatable bonds is 6. The van der Waals surface area contributed by atoms with Gasteiger partial charge in [-0.2, -0.15) is 0 Å². The van der Waals surface area contributed by atoms with Crippen molar-refractivity contribution in [1.82, 2.24) is 4.90 Å². The fourth-order valence-electron chi connectivity index (χ4n) is 7.04. The largest absolute Gasteiger partial charge is 0.459 e. The van der Waals surface area contributed by atoms with E-state index in [-0.39, 0.29) is 48.8 Å². The second-order valence-electron chi connectivity index (χ2n) is 13.8. The lowest BCUT2D eigenvalue weighted by atomic mass is 9.81. The molecule has 0 aromatic rings. The molecule has 3 fully saturated rings. The molecular formula is C33H59NO8. The molecule has 0 aromatic carbocycles. The van der Waals surface area contributed by atoms with E-state index in [4.69, 9.17) is 23.7 Å². The molecule has 0 radical (unpaired) electrons. The van der Waals surface area contributed by atoms with Gasteiger partial charge in [0.2, 0.25) is 0 Å². The Morgan fingerprint density at radius 1 is 0.833 bits per heavy atom. The average Bonchev–Trinajstić information content (AvgIpc) is 2.92. The van der Waals surface area contributed by atoms with E-state index >= 15 is 0 Å². The summed E-state index contributed by atoms with van der Waals surface area (Å²) < 4.78 is 31.9. The molecule has 3 aliphatic rings. The van der Waals surface area contributed by atoms with Gasteiger partial charge in [-0.1, -0.05) is 27.7 Å². The van der Waals surface area contributed by atoms with Crippen LogP contribution >= 0.6 is 0 Å². The predicted octanol–water partition coefficient (Wildman–Crippen LogP) is 5.11. The van der Waals surface area contributed by atoms with Crippen LogP contribution in [0.5, 0.6) is 0 Å². The third-order valence-corrected chi connectivity index (χ3v) is 9.67. The van der Waals surface area contributed by atoms with Gasteiger partial charge in [-0.3, -0.25) is 9.59 Å². The van der Waals surface area contributed by atoms with E-state index in [0.29, 0.717) is 31.2 Å². The third kappa shape index (κ3) is 9.96. The van der Waals surface area contributed by atoms with E-state index in [1.165, 1.54) is 0 Å². The van der Waals surface area contributed by atoms with Gasteiger partial charge in [0, 0.05) is 37.6 Å². The molecule has 0 aliphatic carbocycles. The fraction of sp³-hybridized carbons (Fsp3) is 0.939. The van der Waals surface area contributed by atoms with Gasteiger partial charge < -0.3 is 33.7 Å². The van der Waals surface area contributed by atoms with Crippen LogP contribution < -0.4 is 0 Å². The average molecular weight is 598 g/mol. The number of ether oxygens (including phenoxy) is 5. The predicted molar refractivity (Wildman–Crippen MR) is 161 cm³/mol. The van der Waals surface area contributed by atoms with Crippen molar-refractivity contribution in [2.75, 3.05) is 14.1 Å². The van der Waals surface area contributed by atoms with Crippen LogP contribution in [0.2, 0.25) is 0 Å². The maximum atomic E-state index is 13.6. The van der Waals surface area contributed by atoms with E-state index in [9.17, 15) is 14.7 Å². The lowest BCUT2D eigenvalue weighted by Gasteiger charge is -2.43. The fourth-order valence-corrected chi connectivity index (χ4v) is 7.04. The first-order chi connectivity index (χ1) is 19.8. The smallest absolute Gasteiger partial charge is 0.311 e. The zero-order chi connectivity index (χ0) is 31.1. The van der Waals surface area contributed by atoms with Crippen LogP contribution in [-0.4, -0.2) is 91.1 Å². The number of esters is 1. The zero-order valence-corrected chi connectivity index (χ0v) is 27.6. The SMILES string of the molecule is CCC1OC(=O)C(C)C(OC2CC(C)CC(C)O2)C(C)C(OC2CC(N(C)C)CC(C)O2)C(C)CCC(=O)CCC1O. The Balaban J connectivity index is 1.95. The first-order valence-corrected chi connectivity index (χ1v) is 16.5. The van der Waals surface area contributed by atoms with E-state index in [2.05, 4.69) is 53.6 Å². The molecule has 42 heavy (non-hydrogen) atoms. The summed E-state index contributed by atoms with van der Waals surface area (Å²) >= 11 is 0. The number of carbonyl (C=O) groups excluding carboxylic acids is 2. The third-order valence-electron chi connectivity index (χ3n) is 9.67. The Hall–Kier alpha value is -1.10. The summed E-state index contributed by atoms with van der Waals surface area (Å²) in [5.74, 6) is -0.744. The van der Waals surface area contributed by atoms with Gasteiger partial charge in [-0.15, -0.1) is 0 Å². The Kier molecular flexibility index (Phi) is 13.7. The zero-order valence-electron chi connectivity index (χ0n) is 27.6. The quantitative estimate of drug-likeness (QED) is 0.419. The van der Waals surface area contributed by atoms with Crippen molar-refractivity contribution in [2.24, 2.45) is 23.7 Å². The minimum atomic E-state index is -0.887. The molecule has 3 saturated heterocycles. The van der Waals surface area contributed by atoms with Crippen molar-refractivity contribution in [2.45, 2.75) is 161 Å². The second-order valence-corrected chi connectivity index (χ2v) is 13.8. The maximum absolute atomic E-state index is 13.6. The Morgan fingerprint density at radius 3 is 2.05 bits per heavy atom. The highest BCUT2D eigenvalue weighted by Crippen LogP contribution is 2.36. The molecule has 9 heteroatoms. The molecule has 13 atom stereocenters. The summed E-state index contributed by atoms with van der Waals surface area (Å²) in [5.41, 5.74) is 0. The standard InChI is InChI=1S/C33H59NO8/c1-10-28-27(36)14-13-26(35)12-11-20(3)31(41-30-18-25(34(8)9)17-22(5)39-30)23(6)32(24(7)33(37)40-28)42-29-16-19(2)15-21(4)38-29/h19-25,27-32,36H,10-18H2,1-9H3. The first kappa shape index (κ1) is 35.4. The number of carbonyl (C=O) groups is 2. The lowest BCUT2D eigenvalue weighted by molar-refractivity contribution is -0.267. The lowest BCUT2D eigenvalue weighted by Crippen LogP contribution is -2.50. The van der Waals surface area contributed by atoms with Crippen LogP contribution in [0.15, 0.2) is 0 Å². The summed E-state index contributed by atoms with van der Waals surface area (Å²) in [5, 5.41) is 10.8. The molecule has 3 heterocycles. The molecular weight excluding hydrogens is 538 g/mol. The van der Waals surface area contributed by atoms with Gasteiger partial charge in [-0.25, -0.2) is 0 Å². The minimum Gasteiger partial charge on any atom is -0.459 e. The number of hydrogen-bond acceptors (Lipinski definition) is 9. The summed E-state index contributed by atoms with van der Waals surface area (Å²) in [6.45, 7) is 14.2. The molecule has 0 aromatic heterocycles. The molecule has 13 unspecified atom stereocenters. The first-order valence-electron chi connectivity index (χ1n) is 16.5. The van der Waals surface area contributed by atoms with E-state index in [1.807, 2.05) is 13.8 Å². The van der Waals surface area contributed by atoms with Crippen LogP contribution in [-0.2, 0) is 33.3 Å². The van der Waals surface area contributed by atoms with Gasteiger partial charge in [0.1, 0.15) is 11.9 Å². The number of Topliss-reactive ketones (excluding diaryl/α,β-unsaturated/α-hetero) is 1. The van der Waals surface area contributed by atoms with Gasteiger partial charge >= 0.3 is 5.97 Å². The summed E-state index contributed by atoms with van der Waals surface area (Å²) in [7, 11) is 4.17. The van der Waals surface area contributed by atoms with Crippen LogP contribution in [0.3, 0.4) is 0 Å². The summed E-state index contributed by atoms with van der Waals surface area (Å²) in [6.07, 6.45) is 2.24. The molecule has 9 nitrogen and oxygen atoms in total. The highest BCUT2D eigenvalue weighted by atomic mass is 16.7. The molecule has 0 amide bonds. The second kappa shape index (κ2) is 16.3. The minimum absolute atomic E-state index is 0.00159. The van der Waals surface area contributed by atoms with Gasteiger partial charge in [0.05, 0.1) is 36.4 Å². The number of hydrogen-bond donors (Lipinski definition) is 1. The van der Waals surface area contributed by atoms with Crippen LogP contribution in [0, 0.1) is 23.7 Å². The molecule has 0 saturated carbocycles. The van der Waals surface area contributed by atoms with Crippen molar-refractivity contribution < 1.29 is 38.4 Å². The number of nitrogens with zero attached hydrogens (tertiary/aromatic N) is 1. The summed E-state index contributed by atoms with van der Waals surface area (Å²) in [4.78, 5) is 28.7. The van der Waals surface area contributed by atoms with E-state index < -0.39 is 42.8 Å². The molecule has 3 rings (SSSR count). The van der Waals surface area contributed by atoms with Crippen molar-refractivity contribution >= 4 is 11.8 Å². The van der Waals surface area contributed by atoms with Crippen molar-refractivity contribution in [1.29, 1.82) is 0 Å². The Bertz CT molecular complexity index is 844.